The first-order chi connectivity index (χ1) is 9.56. The number of rotatable bonds is 5. The Labute approximate surface area is 126 Å². The van der Waals surface area contributed by atoms with Crippen molar-refractivity contribution in [3.8, 4) is 0 Å². The fourth-order valence-corrected chi connectivity index (χ4v) is 2.81. The maximum Gasteiger partial charge on any atom is 0.312 e. The smallest absolute Gasteiger partial charge is 0.312 e. The third-order valence-corrected chi connectivity index (χ3v) is 3.83. The topological polar surface area (TPSA) is 71.3 Å². The molecule has 20 heavy (non-hydrogen) atoms. The number of anilines is 1. The summed E-state index contributed by atoms with van der Waals surface area (Å²) in [5.74, 6) is 0.336. The van der Waals surface area contributed by atoms with Crippen molar-refractivity contribution in [1.82, 2.24) is 9.88 Å². The van der Waals surface area contributed by atoms with Crippen molar-refractivity contribution in [2.75, 3.05) is 25.0 Å². The predicted octanol–water partition coefficient (Wildman–Crippen LogP) is 3.04. The summed E-state index contributed by atoms with van der Waals surface area (Å²) in [4.78, 5) is 17.1. The van der Waals surface area contributed by atoms with E-state index in [2.05, 4.69) is 31.1 Å². The summed E-state index contributed by atoms with van der Waals surface area (Å²) < 4.78 is 0.610. The van der Waals surface area contributed by atoms with Gasteiger partial charge in [-0.25, -0.2) is 4.98 Å². The standard InChI is InChI=1S/C13H19BrN4O2/c1-10(9-17-5-3-2-4-6-17)16-13-12(18(19)20)7-11(14)8-15-13/h7-8,10H,2-6,9H2,1H3,(H,15,16). The molecular formula is C13H19BrN4O2. The van der Waals surface area contributed by atoms with E-state index in [-0.39, 0.29) is 11.7 Å². The van der Waals surface area contributed by atoms with E-state index in [4.69, 9.17) is 0 Å². The molecule has 1 atom stereocenters. The Balaban J connectivity index is 1.99. The summed E-state index contributed by atoms with van der Waals surface area (Å²) in [7, 11) is 0. The Hall–Kier alpha value is -1.21. The minimum atomic E-state index is -0.409. The zero-order valence-corrected chi connectivity index (χ0v) is 13.1. The Morgan fingerprint density at radius 3 is 2.85 bits per heavy atom. The third kappa shape index (κ3) is 4.14. The maximum absolute atomic E-state index is 11.0. The zero-order chi connectivity index (χ0) is 14.5. The molecule has 1 aliphatic heterocycles. The van der Waals surface area contributed by atoms with E-state index >= 15 is 0 Å². The van der Waals surface area contributed by atoms with E-state index in [9.17, 15) is 10.1 Å². The number of aromatic nitrogens is 1. The molecule has 1 unspecified atom stereocenters. The van der Waals surface area contributed by atoms with E-state index in [1.54, 1.807) is 6.20 Å². The molecule has 1 aromatic heterocycles. The lowest BCUT2D eigenvalue weighted by molar-refractivity contribution is -0.384. The fourth-order valence-electron chi connectivity index (χ4n) is 2.49. The van der Waals surface area contributed by atoms with Gasteiger partial charge in [0.05, 0.1) is 4.92 Å². The van der Waals surface area contributed by atoms with Crippen LogP contribution in [0, 0.1) is 10.1 Å². The molecule has 1 saturated heterocycles. The van der Waals surface area contributed by atoms with Crippen LogP contribution in [0.15, 0.2) is 16.7 Å². The first-order valence-electron chi connectivity index (χ1n) is 6.85. The summed E-state index contributed by atoms with van der Waals surface area (Å²) in [5, 5.41) is 14.2. The van der Waals surface area contributed by atoms with Crippen LogP contribution in [0.4, 0.5) is 11.5 Å². The number of nitrogens with one attached hydrogen (secondary N) is 1. The van der Waals surface area contributed by atoms with Gasteiger partial charge in [0, 0.05) is 29.3 Å². The average Bonchev–Trinajstić information content (AvgIpc) is 2.41. The predicted molar refractivity (Wildman–Crippen MR) is 82.0 cm³/mol. The molecule has 1 aliphatic rings. The minimum Gasteiger partial charge on any atom is -0.361 e. The van der Waals surface area contributed by atoms with E-state index in [1.807, 2.05) is 6.92 Å². The van der Waals surface area contributed by atoms with E-state index < -0.39 is 4.92 Å². The van der Waals surface area contributed by atoms with Crippen LogP contribution in [0.5, 0.6) is 0 Å². The summed E-state index contributed by atoms with van der Waals surface area (Å²) in [6, 6.07) is 1.60. The van der Waals surface area contributed by atoms with Crippen LogP contribution in [0.3, 0.4) is 0 Å². The van der Waals surface area contributed by atoms with Gasteiger partial charge >= 0.3 is 5.69 Å². The molecule has 2 heterocycles. The van der Waals surface area contributed by atoms with E-state index in [0.717, 1.165) is 19.6 Å². The van der Waals surface area contributed by atoms with Crippen LogP contribution >= 0.6 is 15.9 Å². The fraction of sp³-hybridized carbons (Fsp3) is 0.615. The second-order valence-electron chi connectivity index (χ2n) is 5.19. The van der Waals surface area contributed by atoms with Crippen molar-refractivity contribution >= 4 is 27.4 Å². The number of hydrogen-bond acceptors (Lipinski definition) is 5. The first-order valence-corrected chi connectivity index (χ1v) is 7.64. The second kappa shape index (κ2) is 6.99. The molecule has 0 radical (unpaired) electrons. The highest BCUT2D eigenvalue weighted by atomic mass is 79.9. The van der Waals surface area contributed by atoms with Gasteiger partial charge in [-0.2, -0.15) is 0 Å². The number of likely N-dealkylation sites (tertiary alicyclic amines) is 1. The van der Waals surface area contributed by atoms with Crippen LogP contribution < -0.4 is 5.32 Å². The molecular weight excluding hydrogens is 324 g/mol. The monoisotopic (exact) mass is 342 g/mol. The van der Waals surface area contributed by atoms with Crippen LogP contribution in [-0.4, -0.2) is 40.5 Å². The van der Waals surface area contributed by atoms with Gasteiger partial charge in [-0.3, -0.25) is 10.1 Å². The Morgan fingerprint density at radius 2 is 2.20 bits per heavy atom. The Morgan fingerprint density at radius 1 is 1.50 bits per heavy atom. The molecule has 1 aromatic rings. The van der Waals surface area contributed by atoms with Crippen molar-refractivity contribution in [1.29, 1.82) is 0 Å². The quantitative estimate of drug-likeness (QED) is 0.657. The summed E-state index contributed by atoms with van der Waals surface area (Å²) in [6.45, 7) is 5.14. The summed E-state index contributed by atoms with van der Waals surface area (Å²) in [6.07, 6.45) is 5.35. The Kier molecular flexibility index (Phi) is 5.31. The van der Waals surface area contributed by atoms with Crippen molar-refractivity contribution in [3.63, 3.8) is 0 Å². The van der Waals surface area contributed by atoms with E-state index in [0.29, 0.717) is 10.3 Å². The van der Waals surface area contributed by atoms with Gasteiger partial charge in [0.15, 0.2) is 0 Å². The van der Waals surface area contributed by atoms with Crippen LogP contribution in [0.25, 0.3) is 0 Å². The number of piperidine rings is 1. The molecule has 0 saturated carbocycles. The summed E-state index contributed by atoms with van der Waals surface area (Å²) >= 11 is 3.21. The first kappa shape index (κ1) is 15.2. The number of hydrogen-bond donors (Lipinski definition) is 1. The van der Waals surface area contributed by atoms with Gasteiger partial charge in [-0.1, -0.05) is 6.42 Å². The van der Waals surface area contributed by atoms with E-state index in [1.165, 1.54) is 25.3 Å². The van der Waals surface area contributed by atoms with Gasteiger partial charge in [0.25, 0.3) is 0 Å². The van der Waals surface area contributed by atoms with Crippen LogP contribution in [0.2, 0.25) is 0 Å². The number of halogens is 1. The number of nitrogens with zero attached hydrogens (tertiary/aromatic N) is 3. The van der Waals surface area contributed by atoms with Crippen molar-refractivity contribution < 1.29 is 4.92 Å². The number of nitro groups is 1. The van der Waals surface area contributed by atoms with Crippen LogP contribution in [-0.2, 0) is 0 Å². The van der Waals surface area contributed by atoms with Gasteiger partial charge in [0.2, 0.25) is 5.82 Å². The lowest BCUT2D eigenvalue weighted by Crippen LogP contribution is -2.38. The largest absolute Gasteiger partial charge is 0.361 e. The number of pyridine rings is 1. The molecule has 0 spiro atoms. The molecule has 0 amide bonds. The van der Waals surface area contributed by atoms with Gasteiger partial charge in [-0.15, -0.1) is 0 Å². The normalized spacial score (nSPS) is 17.7. The van der Waals surface area contributed by atoms with Gasteiger partial charge < -0.3 is 10.2 Å². The Bertz CT molecular complexity index is 477. The lowest BCUT2D eigenvalue weighted by atomic mass is 10.1. The molecule has 0 bridgehead atoms. The van der Waals surface area contributed by atoms with Crippen LogP contribution in [0.1, 0.15) is 26.2 Å². The van der Waals surface area contributed by atoms with Crippen molar-refractivity contribution in [2.45, 2.75) is 32.2 Å². The molecule has 110 valence electrons. The van der Waals surface area contributed by atoms with Gasteiger partial charge in [0.1, 0.15) is 0 Å². The minimum absolute atomic E-state index is 0.00451. The molecule has 0 aromatic carbocycles. The molecule has 6 nitrogen and oxygen atoms in total. The summed E-state index contributed by atoms with van der Waals surface area (Å²) in [5.41, 5.74) is 0.00451. The molecule has 7 heteroatoms. The SMILES string of the molecule is CC(CN1CCCCC1)Nc1ncc(Br)cc1[N+](=O)[O-]. The van der Waals surface area contributed by atoms with Gasteiger partial charge in [-0.05, 0) is 48.8 Å². The zero-order valence-electron chi connectivity index (χ0n) is 11.5. The molecule has 1 fully saturated rings. The molecule has 2 rings (SSSR count). The second-order valence-corrected chi connectivity index (χ2v) is 6.10. The molecule has 1 N–H and O–H groups in total. The highest BCUT2D eigenvalue weighted by molar-refractivity contribution is 9.10. The highest BCUT2D eigenvalue weighted by Crippen LogP contribution is 2.25. The third-order valence-electron chi connectivity index (χ3n) is 3.39. The lowest BCUT2D eigenvalue weighted by Gasteiger charge is -2.29. The molecule has 0 aliphatic carbocycles. The van der Waals surface area contributed by atoms with Crippen molar-refractivity contribution in [3.05, 3.63) is 26.9 Å². The average molecular weight is 343 g/mol. The maximum atomic E-state index is 11.0. The highest BCUT2D eigenvalue weighted by Gasteiger charge is 2.19. The van der Waals surface area contributed by atoms with Crippen molar-refractivity contribution in [2.24, 2.45) is 0 Å².